The number of hydrogen-bond acceptors (Lipinski definition) is 3. The fourth-order valence-electron chi connectivity index (χ4n) is 3.22. The molecule has 1 aromatic heterocycles. The van der Waals surface area contributed by atoms with Crippen LogP contribution in [0.2, 0.25) is 0 Å². The van der Waals surface area contributed by atoms with Crippen molar-refractivity contribution in [3.63, 3.8) is 0 Å². The molecule has 1 saturated heterocycles. The van der Waals surface area contributed by atoms with Crippen LogP contribution in [-0.4, -0.2) is 25.1 Å². The van der Waals surface area contributed by atoms with Crippen molar-refractivity contribution < 1.29 is 0 Å². The van der Waals surface area contributed by atoms with Crippen LogP contribution < -0.4 is 0 Å². The second-order valence-corrected chi connectivity index (χ2v) is 8.54. The normalized spacial score (nSPS) is 25.1. The number of hydrogen-bond donors (Lipinski definition) is 0. The van der Waals surface area contributed by atoms with E-state index in [1.165, 1.54) is 50.0 Å². The van der Waals surface area contributed by atoms with Gasteiger partial charge >= 0.3 is 0 Å². The Bertz CT molecular complexity index is 352. The fourth-order valence-corrected chi connectivity index (χ4v) is 6.93. The number of nitrogens with zero attached hydrogens (tertiary/aromatic N) is 2. The highest BCUT2D eigenvalue weighted by Gasteiger charge is 2.41. The standard InChI is InChI=1S/C14H22N2S2/c1-2-5-13(6-3-1)14(17-9-4-10-18-14)11-16-8-7-15-12-16/h7-8,12-13H,1-6,9-11H2. The molecule has 1 saturated carbocycles. The maximum Gasteiger partial charge on any atom is 0.0946 e. The Balaban J connectivity index is 1.78. The first-order valence-corrected chi connectivity index (χ1v) is 9.10. The lowest BCUT2D eigenvalue weighted by atomic mass is 9.86. The molecule has 2 fully saturated rings. The molecule has 0 amide bonds. The summed E-state index contributed by atoms with van der Waals surface area (Å²) in [5.41, 5.74) is 0. The molecule has 0 unspecified atom stereocenters. The summed E-state index contributed by atoms with van der Waals surface area (Å²) in [4.78, 5) is 4.21. The molecule has 1 aromatic rings. The van der Waals surface area contributed by atoms with Gasteiger partial charge in [0.25, 0.3) is 0 Å². The summed E-state index contributed by atoms with van der Waals surface area (Å²) in [7, 11) is 0. The molecule has 0 spiro atoms. The Morgan fingerprint density at radius 3 is 2.56 bits per heavy atom. The van der Waals surface area contributed by atoms with Crippen LogP contribution in [0.3, 0.4) is 0 Å². The van der Waals surface area contributed by atoms with Gasteiger partial charge in [-0.15, -0.1) is 23.5 Å². The molecule has 0 N–H and O–H groups in total. The van der Waals surface area contributed by atoms with Crippen molar-refractivity contribution in [2.45, 2.75) is 49.1 Å². The molecule has 2 nitrogen and oxygen atoms in total. The molecule has 1 aliphatic heterocycles. The van der Waals surface area contributed by atoms with Crippen LogP contribution in [0, 0.1) is 5.92 Å². The van der Waals surface area contributed by atoms with Gasteiger partial charge in [0.05, 0.1) is 10.4 Å². The van der Waals surface area contributed by atoms with Gasteiger partial charge in [0.15, 0.2) is 0 Å². The summed E-state index contributed by atoms with van der Waals surface area (Å²) >= 11 is 4.46. The first-order chi connectivity index (χ1) is 8.89. The van der Waals surface area contributed by atoms with Gasteiger partial charge < -0.3 is 4.57 Å². The molecule has 2 aliphatic rings. The van der Waals surface area contributed by atoms with Crippen LogP contribution in [-0.2, 0) is 6.54 Å². The highest BCUT2D eigenvalue weighted by molar-refractivity contribution is 8.18. The molecular weight excluding hydrogens is 260 g/mol. The van der Waals surface area contributed by atoms with Crippen LogP contribution in [0.15, 0.2) is 18.7 Å². The minimum atomic E-state index is 0.430. The summed E-state index contributed by atoms with van der Waals surface area (Å²) in [5.74, 6) is 3.60. The maximum atomic E-state index is 4.21. The van der Waals surface area contributed by atoms with Gasteiger partial charge in [-0.1, -0.05) is 19.3 Å². The van der Waals surface area contributed by atoms with Gasteiger partial charge in [-0.25, -0.2) is 4.98 Å². The van der Waals surface area contributed by atoms with Crippen LogP contribution in [0.5, 0.6) is 0 Å². The van der Waals surface area contributed by atoms with Crippen molar-refractivity contribution in [2.75, 3.05) is 11.5 Å². The Labute approximate surface area is 118 Å². The molecule has 2 heterocycles. The predicted molar refractivity (Wildman–Crippen MR) is 81.1 cm³/mol. The van der Waals surface area contributed by atoms with Crippen LogP contribution >= 0.6 is 23.5 Å². The number of thioether (sulfide) groups is 2. The largest absolute Gasteiger partial charge is 0.335 e. The average Bonchev–Trinajstić information content (AvgIpc) is 2.94. The van der Waals surface area contributed by atoms with Gasteiger partial charge in [-0.3, -0.25) is 0 Å². The zero-order valence-electron chi connectivity index (χ0n) is 10.9. The van der Waals surface area contributed by atoms with Crippen molar-refractivity contribution >= 4 is 23.5 Å². The minimum Gasteiger partial charge on any atom is -0.335 e. The third-order valence-corrected chi connectivity index (χ3v) is 7.77. The molecule has 100 valence electrons. The van der Waals surface area contributed by atoms with Crippen molar-refractivity contribution in [3.05, 3.63) is 18.7 Å². The van der Waals surface area contributed by atoms with E-state index in [0.29, 0.717) is 4.08 Å². The van der Waals surface area contributed by atoms with E-state index in [4.69, 9.17) is 0 Å². The molecule has 0 bridgehead atoms. The Hall–Kier alpha value is -0.0900. The highest BCUT2D eigenvalue weighted by Crippen LogP contribution is 2.52. The third-order valence-electron chi connectivity index (χ3n) is 4.17. The number of rotatable bonds is 3. The van der Waals surface area contributed by atoms with Crippen LogP contribution in [0.25, 0.3) is 0 Å². The smallest absolute Gasteiger partial charge is 0.0946 e. The molecule has 18 heavy (non-hydrogen) atoms. The van der Waals surface area contributed by atoms with Crippen molar-refractivity contribution in [3.8, 4) is 0 Å². The van der Waals surface area contributed by atoms with E-state index in [1.807, 2.05) is 12.5 Å². The van der Waals surface area contributed by atoms with Gasteiger partial charge in [-0.05, 0) is 36.7 Å². The van der Waals surface area contributed by atoms with Crippen molar-refractivity contribution in [2.24, 2.45) is 5.92 Å². The maximum absolute atomic E-state index is 4.21. The van der Waals surface area contributed by atoms with E-state index in [1.54, 1.807) is 0 Å². The molecule has 4 heteroatoms. The van der Waals surface area contributed by atoms with E-state index in [9.17, 15) is 0 Å². The van der Waals surface area contributed by atoms with Gasteiger partial charge in [0.1, 0.15) is 0 Å². The lowest BCUT2D eigenvalue weighted by molar-refractivity contribution is 0.315. The lowest BCUT2D eigenvalue weighted by Gasteiger charge is -2.44. The average molecular weight is 282 g/mol. The third kappa shape index (κ3) is 2.74. The van der Waals surface area contributed by atoms with E-state index < -0.39 is 0 Å². The topological polar surface area (TPSA) is 17.8 Å². The predicted octanol–water partition coefficient (Wildman–Crippen LogP) is 4.03. The number of aromatic nitrogens is 2. The summed E-state index contributed by atoms with van der Waals surface area (Å²) in [6.45, 7) is 1.15. The summed E-state index contributed by atoms with van der Waals surface area (Å²) in [6.07, 6.45) is 14.6. The van der Waals surface area contributed by atoms with Gasteiger partial charge in [0.2, 0.25) is 0 Å². The Morgan fingerprint density at radius 1 is 1.11 bits per heavy atom. The monoisotopic (exact) mass is 282 g/mol. The van der Waals surface area contributed by atoms with Crippen LogP contribution in [0.4, 0.5) is 0 Å². The van der Waals surface area contributed by atoms with E-state index in [-0.39, 0.29) is 0 Å². The molecule has 0 atom stereocenters. The molecule has 1 aliphatic carbocycles. The van der Waals surface area contributed by atoms with E-state index >= 15 is 0 Å². The quantitative estimate of drug-likeness (QED) is 0.833. The minimum absolute atomic E-state index is 0.430. The molecular formula is C14H22N2S2. The first kappa shape index (κ1) is 12.9. The first-order valence-electron chi connectivity index (χ1n) is 7.13. The zero-order valence-corrected chi connectivity index (χ0v) is 12.5. The molecule has 3 rings (SSSR count). The Kier molecular flexibility index (Phi) is 4.24. The fraction of sp³-hybridized carbons (Fsp3) is 0.786. The van der Waals surface area contributed by atoms with Crippen molar-refractivity contribution in [1.29, 1.82) is 0 Å². The lowest BCUT2D eigenvalue weighted by Crippen LogP contribution is -2.39. The Morgan fingerprint density at radius 2 is 1.89 bits per heavy atom. The summed E-state index contributed by atoms with van der Waals surface area (Å²) < 4.78 is 2.72. The van der Waals surface area contributed by atoms with Gasteiger partial charge in [0, 0.05) is 18.9 Å². The van der Waals surface area contributed by atoms with E-state index in [0.717, 1.165) is 12.5 Å². The summed E-state index contributed by atoms with van der Waals surface area (Å²) in [5, 5.41) is 0. The molecule has 0 radical (unpaired) electrons. The van der Waals surface area contributed by atoms with Gasteiger partial charge in [-0.2, -0.15) is 0 Å². The van der Waals surface area contributed by atoms with Crippen molar-refractivity contribution in [1.82, 2.24) is 9.55 Å². The van der Waals surface area contributed by atoms with Crippen LogP contribution in [0.1, 0.15) is 38.5 Å². The SMILES string of the molecule is c1cn(CC2(C3CCCCC3)SCCCS2)cn1. The molecule has 0 aromatic carbocycles. The second-order valence-electron chi connectivity index (χ2n) is 5.43. The highest BCUT2D eigenvalue weighted by atomic mass is 32.2. The second kappa shape index (κ2) is 5.91. The summed E-state index contributed by atoms with van der Waals surface area (Å²) in [6, 6.07) is 0. The zero-order chi connectivity index (χ0) is 12.3. The number of imidazole rings is 1. The van der Waals surface area contributed by atoms with E-state index in [2.05, 4.69) is 39.3 Å².